The molecule has 0 fully saturated rings. The first-order chi connectivity index (χ1) is 12.1. The van der Waals surface area contributed by atoms with Crippen LogP contribution in [0.2, 0.25) is 0 Å². The van der Waals surface area contributed by atoms with Crippen LogP contribution in [0.5, 0.6) is 0 Å². The van der Waals surface area contributed by atoms with Gasteiger partial charge >= 0.3 is 12.2 Å². The number of ether oxygens (including phenoxy) is 1. The summed E-state index contributed by atoms with van der Waals surface area (Å²) in [4.78, 5) is 14.6. The Morgan fingerprint density at radius 3 is 1.96 bits per heavy atom. The molecule has 1 atom stereocenters. The number of carbonyl (C=O) groups is 1. The SMILES string of the molecule is CN(C)c1cc[n+](C(OC(=O)c2ccccc2)c2ccccc2)cc1.[Cl-]. The third-order valence-electron chi connectivity index (χ3n) is 3.93. The highest BCUT2D eigenvalue weighted by Gasteiger charge is 2.26. The summed E-state index contributed by atoms with van der Waals surface area (Å²) in [6.07, 6.45) is 3.32. The third kappa shape index (κ3) is 4.61. The summed E-state index contributed by atoms with van der Waals surface area (Å²) >= 11 is 0. The van der Waals surface area contributed by atoms with Crippen molar-refractivity contribution in [3.8, 4) is 0 Å². The summed E-state index contributed by atoms with van der Waals surface area (Å²) in [5.41, 5.74) is 2.53. The first kappa shape index (κ1) is 19.5. The molecule has 0 aliphatic heterocycles. The molecule has 0 amide bonds. The second-order valence-electron chi connectivity index (χ2n) is 5.93. The maximum atomic E-state index is 12.5. The number of nitrogens with zero attached hydrogens (tertiary/aromatic N) is 2. The highest BCUT2D eigenvalue weighted by atomic mass is 35.5. The van der Waals surface area contributed by atoms with Crippen molar-refractivity contribution < 1.29 is 26.5 Å². The second kappa shape index (κ2) is 9.02. The fraction of sp³-hybridized carbons (Fsp3) is 0.143. The highest BCUT2D eigenvalue weighted by Crippen LogP contribution is 2.17. The van der Waals surface area contributed by atoms with E-state index in [0.29, 0.717) is 5.56 Å². The molecule has 0 aliphatic carbocycles. The molecule has 3 rings (SSSR count). The van der Waals surface area contributed by atoms with Gasteiger partial charge in [0.15, 0.2) is 12.4 Å². The zero-order valence-electron chi connectivity index (χ0n) is 14.7. The van der Waals surface area contributed by atoms with Crippen LogP contribution >= 0.6 is 0 Å². The molecule has 0 radical (unpaired) electrons. The average Bonchev–Trinajstić information content (AvgIpc) is 2.67. The summed E-state index contributed by atoms with van der Waals surface area (Å²) in [5.74, 6) is -0.348. The van der Waals surface area contributed by atoms with Crippen molar-refractivity contribution in [2.75, 3.05) is 19.0 Å². The Balaban J connectivity index is 0.00000243. The third-order valence-corrected chi connectivity index (χ3v) is 3.93. The summed E-state index contributed by atoms with van der Waals surface area (Å²) in [6.45, 7) is 0. The number of benzene rings is 2. The zero-order valence-corrected chi connectivity index (χ0v) is 15.5. The monoisotopic (exact) mass is 368 g/mol. The number of hydrogen-bond donors (Lipinski definition) is 0. The number of aromatic nitrogens is 1. The van der Waals surface area contributed by atoms with Gasteiger partial charge in [-0.3, -0.25) is 0 Å². The van der Waals surface area contributed by atoms with E-state index in [1.54, 1.807) is 12.1 Å². The van der Waals surface area contributed by atoms with Crippen molar-refractivity contribution in [1.29, 1.82) is 0 Å². The minimum absolute atomic E-state index is 0. The van der Waals surface area contributed by atoms with Crippen LogP contribution in [0, 0.1) is 0 Å². The van der Waals surface area contributed by atoms with Gasteiger partial charge in [0.2, 0.25) is 0 Å². The number of esters is 1. The van der Waals surface area contributed by atoms with Crippen molar-refractivity contribution >= 4 is 11.7 Å². The molecule has 3 aromatic rings. The van der Waals surface area contributed by atoms with E-state index < -0.39 is 6.23 Å². The van der Waals surface area contributed by atoms with E-state index >= 15 is 0 Å². The van der Waals surface area contributed by atoms with Gasteiger partial charge in [-0.25, -0.2) is 4.79 Å². The molecule has 1 unspecified atom stereocenters. The molecule has 2 aromatic carbocycles. The number of carbonyl (C=O) groups excluding carboxylic acids is 1. The molecule has 134 valence electrons. The van der Waals surface area contributed by atoms with Gasteiger partial charge in [0.05, 0.1) is 11.1 Å². The van der Waals surface area contributed by atoms with Gasteiger partial charge in [-0.1, -0.05) is 36.4 Å². The van der Waals surface area contributed by atoms with Crippen LogP contribution in [0.1, 0.15) is 22.1 Å². The Morgan fingerprint density at radius 2 is 1.42 bits per heavy atom. The molecule has 0 saturated heterocycles. The molecule has 26 heavy (non-hydrogen) atoms. The molecule has 5 heteroatoms. The largest absolute Gasteiger partial charge is 1.00 e. The van der Waals surface area contributed by atoms with Crippen molar-refractivity contribution in [2.24, 2.45) is 0 Å². The van der Waals surface area contributed by atoms with Crippen LogP contribution in [-0.2, 0) is 4.74 Å². The topological polar surface area (TPSA) is 33.4 Å². The van der Waals surface area contributed by atoms with Crippen LogP contribution in [0.25, 0.3) is 0 Å². The smallest absolute Gasteiger partial charge is 0.343 e. The summed E-state index contributed by atoms with van der Waals surface area (Å²) < 4.78 is 7.71. The summed E-state index contributed by atoms with van der Waals surface area (Å²) in [6, 6.07) is 22.7. The molecule has 0 bridgehead atoms. The average molecular weight is 369 g/mol. The maximum absolute atomic E-state index is 12.5. The predicted molar refractivity (Wildman–Crippen MR) is 97.4 cm³/mol. The van der Waals surface area contributed by atoms with Crippen molar-refractivity contribution in [1.82, 2.24) is 0 Å². The number of halogens is 1. The molecule has 0 spiro atoms. The van der Waals surface area contributed by atoms with Gasteiger partial charge < -0.3 is 22.0 Å². The Kier molecular flexibility index (Phi) is 6.75. The Hall–Kier alpha value is -2.85. The van der Waals surface area contributed by atoms with Gasteiger partial charge in [-0.05, 0) is 24.3 Å². The molecule has 0 aliphatic rings. The van der Waals surface area contributed by atoms with E-state index in [2.05, 4.69) is 0 Å². The van der Waals surface area contributed by atoms with Gasteiger partial charge in [0, 0.05) is 31.9 Å². The minimum Gasteiger partial charge on any atom is -1.00 e. The predicted octanol–water partition coefficient (Wildman–Crippen LogP) is 0.448. The van der Waals surface area contributed by atoms with Crippen LogP contribution in [0.4, 0.5) is 5.69 Å². The van der Waals surface area contributed by atoms with Gasteiger partial charge in [-0.15, -0.1) is 0 Å². The van der Waals surface area contributed by atoms with Crippen LogP contribution in [-0.4, -0.2) is 20.1 Å². The van der Waals surface area contributed by atoms with Gasteiger partial charge in [0.1, 0.15) is 0 Å². The van der Waals surface area contributed by atoms with Crippen LogP contribution in [0.3, 0.4) is 0 Å². The fourth-order valence-corrected chi connectivity index (χ4v) is 2.55. The minimum atomic E-state index is -0.523. The number of anilines is 1. The quantitative estimate of drug-likeness (QED) is 0.484. The Bertz CT molecular complexity index is 822. The lowest BCUT2D eigenvalue weighted by Gasteiger charge is -2.15. The number of pyridine rings is 1. The van der Waals surface area contributed by atoms with Gasteiger partial charge in [0.25, 0.3) is 0 Å². The standard InChI is InChI=1S/C21H21N2O2.ClH/c1-22(2)19-13-15-23(16-14-19)20(17-9-5-3-6-10-17)25-21(24)18-11-7-4-8-12-18;/h3-16,20H,1-2H3;1H/q+1;/p-1. The molecular weight excluding hydrogens is 348 g/mol. The lowest BCUT2D eigenvalue weighted by atomic mass is 10.2. The maximum Gasteiger partial charge on any atom is 0.343 e. The molecule has 4 nitrogen and oxygen atoms in total. The van der Waals surface area contributed by atoms with Crippen molar-refractivity contribution in [3.05, 3.63) is 96.3 Å². The van der Waals surface area contributed by atoms with E-state index in [0.717, 1.165) is 11.3 Å². The van der Waals surface area contributed by atoms with Crippen molar-refractivity contribution in [3.63, 3.8) is 0 Å². The van der Waals surface area contributed by atoms with E-state index in [9.17, 15) is 4.79 Å². The van der Waals surface area contributed by atoms with E-state index in [1.165, 1.54) is 0 Å². The van der Waals surface area contributed by atoms with Crippen LogP contribution < -0.4 is 21.9 Å². The zero-order chi connectivity index (χ0) is 17.6. The Morgan fingerprint density at radius 1 is 0.885 bits per heavy atom. The lowest BCUT2D eigenvalue weighted by molar-refractivity contribution is -0.746. The second-order valence-corrected chi connectivity index (χ2v) is 5.93. The molecule has 0 saturated carbocycles. The van der Waals surface area contributed by atoms with Crippen LogP contribution in [0.15, 0.2) is 85.2 Å². The molecule has 1 aromatic heterocycles. The van der Waals surface area contributed by atoms with E-state index in [4.69, 9.17) is 4.74 Å². The normalized spacial score (nSPS) is 11.2. The van der Waals surface area contributed by atoms with Gasteiger partial charge in [-0.2, -0.15) is 4.57 Å². The first-order valence-corrected chi connectivity index (χ1v) is 8.14. The van der Waals surface area contributed by atoms with E-state index in [1.807, 2.05) is 96.6 Å². The lowest BCUT2D eigenvalue weighted by Crippen LogP contribution is -3.00. The van der Waals surface area contributed by atoms with E-state index in [-0.39, 0.29) is 18.4 Å². The molecule has 1 heterocycles. The molecular formula is C21H21ClN2O2. The Labute approximate surface area is 160 Å². The molecule has 0 N–H and O–H groups in total. The fourth-order valence-electron chi connectivity index (χ4n) is 2.55. The summed E-state index contributed by atoms with van der Waals surface area (Å²) in [7, 11) is 3.98. The van der Waals surface area contributed by atoms with Crippen molar-refractivity contribution in [2.45, 2.75) is 6.23 Å². The number of hydrogen-bond acceptors (Lipinski definition) is 3. The first-order valence-electron chi connectivity index (χ1n) is 8.14. The summed E-state index contributed by atoms with van der Waals surface area (Å²) in [5, 5.41) is 0. The number of rotatable bonds is 5. The highest BCUT2D eigenvalue weighted by molar-refractivity contribution is 5.89.